The van der Waals surface area contributed by atoms with E-state index in [0.29, 0.717) is 11.6 Å². The molecule has 4 heteroatoms. The van der Waals surface area contributed by atoms with Crippen LogP contribution >= 0.6 is 0 Å². The molecule has 1 unspecified atom stereocenters. The zero-order valence-electron chi connectivity index (χ0n) is 15.0. The standard InChI is InChI=1S/C20H27N3O/c1-5-16(4)22-20(24)18-11-19(13-21-12-18)23(15(2)3)14-17-9-7-6-8-10-17/h6-13,15-16H,5,14H2,1-4H3,(H,22,24). The van der Waals surface area contributed by atoms with Gasteiger partial charge in [0.25, 0.3) is 5.91 Å². The maximum Gasteiger partial charge on any atom is 0.253 e. The van der Waals surface area contributed by atoms with E-state index in [0.717, 1.165) is 18.7 Å². The molecular weight excluding hydrogens is 298 g/mol. The lowest BCUT2D eigenvalue weighted by Crippen LogP contribution is -2.33. The first-order valence-electron chi connectivity index (χ1n) is 8.57. The number of amides is 1. The number of carbonyl (C=O) groups excluding carboxylic acids is 1. The maximum absolute atomic E-state index is 12.3. The van der Waals surface area contributed by atoms with Gasteiger partial charge in [-0.1, -0.05) is 37.3 Å². The Hall–Kier alpha value is -2.36. The van der Waals surface area contributed by atoms with Crippen LogP contribution in [0.4, 0.5) is 5.69 Å². The van der Waals surface area contributed by atoms with Gasteiger partial charge in [0.15, 0.2) is 0 Å². The fourth-order valence-corrected chi connectivity index (χ4v) is 2.47. The predicted molar refractivity (Wildman–Crippen MR) is 99.2 cm³/mol. The normalized spacial score (nSPS) is 12.0. The first kappa shape index (κ1) is 18.0. The number of anilines is 1. The summed E-state index contributed by atoms with van der Waals surface area (Å²) in [6, 6.07) is 12.7. The zero-order valence-corrected chi connectivity index (χ0v) is 15.0. The molecule has 1 atom stereocenters. The van der Waals surface area contributed by atoms with Crippen LogP contribution in [0.5, 0.6) is 0 Å². The Kier molecular flexibility index (Phi) is 6.36. The van der Waals surface area contributed by atoms with Gasteiger partial charge in [0.05, 0.1) is 17.4 Å². The molecule has 128 valence electrons. The van der Waals surface area contributed by atoms with Gasteiger partial charge < -0.3 is 10.2 Å². The van der Waals surface area contributed by atoms with Crippen LogP contribution in [0.3, 0.4) is 0 Å². The van der Waals surface area contributed by atoms with Crippen molar-refractivity contribution in [3.8, 4) is 0 Å². The lowest BCUT2D eigenvalue weighted by atomic mass is 10.1. The van der Waals surface area contributed by atoms with Crippen LogP contribution in [0, 0.1) is 0 Å². The lowest BCUT2D eigenvalue weighted by molar-refractivity contribution is 0.0939. The van der Waals surface area contributed by atoms with E-state index in [-0.39, 0.29) is 11.9 Å². The third-order valence-corrected chi connectivity index (χ3v) is 4.13. The smallest absolute Gasteiger partial charge is 0.253 e. The molecule has 1 N–H and O–H groups in total. The van der Waals surface area contributed by atoms with Crippen LogP contribution in [-0.4, -0.2) is 23.0 Å². The third kappa shape index (κ3) is 4.82. The molecule has 0 aliphatic rings. The summed E-state index contributed by atoms with van der Waals surface area (Å²) in [7, 11) is 0. The SMILES string of the molecule is CCC(C)NC(=O)c1cncc(N(Cc2ccccc2)C(C)C)c1. The second-order valence-electron chi connectivity index (χ2n) is 6.42. The summed E-state index contributed by atoms with van der Waals surface area (Å²) in [5.74, 6) is -0.0675. The van der Waals surface area contributed by atoms with E-state index in [1.54, 1.807) is 6.20 Å². The van der Waals surface area contributed by atoms with Gasteiger partial charge in [0.2, 0.25) is 0 Å². The second kappa shape index (κ2) is 8.48. The van der Waals surface area contributed by atoms with E-state index in [1.165, 1.54) is 5.56 Å². The van der Waals surface area contributed by atoms with Gasteiger partial charge in [-0.15, -0.1) is 0 Å². The van der Waals surface area contributed by atoms with Crippen LogP contribution in [0.1, 0.15) is 50.0 Å². The van der Waals surface area contributed by atoms with Crippen molar-refractivity contribution >= 4 is 11.6 Å². The van der Waals surface area contributed by atoms with E-state index >= 15 is 0 Å². The topological polar surface area (TPSA) is 45.2 Å². The van der Waals surface area contributed by atoms with E-state index in [9.17, 15) is 4.79 Å². The van der Waals surface area contributed by atoms with Gasteiger partial charge in [-0.2, -0.15) is 0 Å². The highest BCUT2D eigenvalue weighted by atomic mass is 16.1. The van der Waals surface area contributed by atoms with Gasteiger partial charge in [0.1, 0.15) is 0 Å². The van der Waals surface area contributed by atoms with Crippen LogP contribution in [0.25, 0.3) is 0 Å². The minimum Gasteiger partial charge on any atom is -0.364 e. The molecule has 1 heterocycles. The highest BCUT2D eigenvalue weighted by Crippen LogP contribution is 2.20. The molecule has 24 heavy (non-hydrogen) atoms. The Morgan fingerprint density at radius 1 is 1.17 bits per heavy atom. The first-order chi connectivity index (χ1) is 11.5. The number of pyridine rings is 1. The predicted octanol–water partition coefficient (Wildman–Crippen LogP) is 4.02. The quantitative estimate of drug-likeness (QED) is 0.836. The summed E-state index contributed by atoms with van der Waals surface area (Å²) in [5.41, 5.74) is 2.80. The molecule has 0 radical (unpaired) electrons. The first-order valence-corrected chi connectivity index (χ1v) is 8.57. The molecule has 1 aromatic carbocycles. The third-order valence-electron chi connectivity index (χ3n) is 4.13. The molecule has 0 bridgehead atoms. The van der Waals surface area contributed by atoms with Crippen LogP contribution in [-0.2, 0) is 6.54 Å². The Labute approximate surface area is 144 Å². The monoisotopic (exact) mass is 325 g/mol. The lowest BCUT2D eigenvalue weighted by Gasteiger charge is -2.29. The Morgan fingerprint density at radius 2 is 1.88 bits per heavy atom. The van der Waals surface area contributed by atoms with E-state index < -0.39 is 0 Å². The summed E-state index contributed by atoms with van der Waals surface area (Å²) in [6.45, 7) is 9.14. The van der Waals surface area contributed by atoms with E-state index in [1.807, 2.05) is 37.4 Å². The van der Waals surface area contributed by atoms with Gasteiger partial charge >= 0.3 is 0 Å². The van der Waals surface area contributed by atoms with Gasteiger partial charge in [-0.05, 0) is 38.8 Å². The van der Waals surface area contributed by atoms with Gasteiger partial charge in [-0.25, -0.2) is 0 Å². The molecule has 0 saturated carbocycles. The molecule has 4 nitrogen and oxygen atoms in total. The average Bonchev–Trinajstić information content (AvgIpc) is 2.60. The number of aromatic nitrogens is 1. The number of rotatable bonds is 7. The van der Waals surface area contributed by atoms with Crippen LogP contribution in [0.2, 0.25) is 0 Å². The summed E-state index contributed by atoms with van der Waals surface area (Å²) < 4.78 is 0. The minimum atomic E-state index is -0.0675. The summed E-state index contributed by atoms with van der Waals surface area (Å²) in [5, 5.41) is 2.99. The highest BCUT2D eigenvalue weighted by Gasteiger charge is 2.15. The second-order valence-corrected chi connectivity index (χ2v) is 6.42. The van der Waals surface area contributed by atoms with Crippen molar-refractivity contribution in [3.63, 3.8) is 0 Å². The molecule has 1 amide bonds. The Bertz CT molecular complexity index is 655. The number of hydrogen-bond acceptors (Lipinski definition) is 3. The van der Waals surface area contributed by atoms with Gasteiger partial charge in [-0.3, -0.25) is 9.78 Å². The molecule has 0 aliphatic heterocycles. The van der Waals surface area contributed by atoms with Crippen molar-refractivity contribution in [1.29, 1.82) is 0 Å². The molecular formula is C20H27N3O. The van der Waals surface area contributed by atoms with Crippen molar-refractivity contribution < 1.29 is 4.79 Å². The number of nitrogens with zero attached hydrogens (tertiary/aromatic N) is 2. The molecule has 2 rings (SSSR count). The van der Waals surface area contributed by atoms with Crippen molar-refractivity contribution in [2.75, 3.05) is 4.90 Å². The summed E-state index contributed by atoms with van der Waals surface area (Å²) >= 11 is 0. The number of benzene rings is 1. The largest absolute Gasteiger partial charge is 0.364 e. The van der Waals surface area contributed by atoms with Crippen LogP contribution < -0.4 is 10.2 Å². The number of nitrogens with one attached hydrogen (secondary N) is 1. The maximum atomic E-state index is 12.3. The molecule has 1 aromatic heterocycles. The van der Waals surface area contributed by atoms with E-state index in [4.69, 9.17) is 0 Å². The highest BCUT2D eigenvalue weighted by molar-refractivity contribution is 5.94. The summed E-state index contributed by atoms with van der Waals surface area (Å²) in [6.07, 6.45) is 4.36. The van der Waals surface area contributed by atoms with Gasteiger partial charge in [0, 0.05) is 24.8 Å². The fraction of sp³-hybridized carbons (Fsp3) is 0.400. The molecule has 0 aliphatic carbocycles. The van der Waals surface area contributed by atoms with Crippen LogP contribution in [0.15, 0.2) is 48.8 Å². The van der Waals surface area contributed by atoms with Crippen molar-refractivity contribution in [2.45, 2.75) is 52.7 Å². The zero-order chi connectivity index (χ0) is 17.5. The Morgan fingerprint density at radius 3 is 2.50 bits per heavy atom. The fourth-order valence-electron chi connectivity index (χ4n) is 2.47. The molecule has 0 saturated heterocycles. The van der Waals surface area contributed by atoms with E-state index in [2.05, 4.69) is 48.1 Å². The molecule has 0 spiro atoms. The molecule has 2 aromatic rings. The Balaban J connectivity index is 2.21. The number of hydrogen-bond donors (Lipinski definition) is 1. The number of carbonyl (C=O) groups is 1. The van der Waals surface area contributed by atoms with Crippen molar-refractivity contribution in [1.82, 2.24) is 10.3 Å². The van der Waals surface area contributed by atoms with Crippen molar-refractivity contribution in [3.05, 3.63) is 59.9 Å². The average molecular weight is 325 g/mol. The summed E-state index contributed by atoms with van der Waals surface area (Å²) in [4.78, 5) is 18.9. The minimum absolute atomic E-state index is 0.0675. The molecule has 0 fully saturated rings. The van der Waals surface area contributed by atoms with Crippen molar-refractivity contribution in [2.24, 2.45) is 0 Å².